The van der Waals surface area contributed by atoms with Crippen molar-refractivity contribution in [3.05, 3.63) is 131 Å². The fraction of sp³-hybridized carbons (Fsp3) is 0.167. The van der Waals surface area contributed by atoms with E-state index in [0.29, 0.717) is 28.7 Å². The van der Waals surface area contributed by atoms with Crippen molar-refractivity contribution in [2.24, 2.45) is 10.3 Å². The van der Waals surface area contributed by atoms with Crippen molar-refractivity contribution >= 4 is 34.9 Å². The molecule has 222 valence electrons. The highest BCUT2D eigenvalue weighted by atomic mass is 16.7. The molecule has 0 aromatic heterocycles. The molecule has 0 atom stereocenters. The molecule has 0 aliphatic rings. The van der Waals surface area contributed by atoms with Crippen molar-refractivity contribution in [2.45, 2.75) is 39.5 Å². The highest BCUT2D eigenvalue weighted by Gasteiger charge is 2.17. The van der Waals surface area contributed by atoms with Crippen LogP contribution >= 0.6 is 0 Å². The third kappa shape index (κ3) is 8.51. The lowest BCUT2D eigenvalue weighted by Gasteiger charge is -2.08. The Balaban J connectivity index is 1.42. The molecule has 44 heavy (non-hydrogen) atoms. The third-order valence-electron chi connectivity index (χ3n) is 6.76. The number of benzene rings is 4. The molecule has 0 saturated heterocycles. The van der Waals surface area contributed by atoms with E-state index in [1.54, 1.807) is 109 Å². The van der Waals surface area contributed by atoms with Gasteiger partial charge in [-0.1, -0.05) is 115 Å². The second kappa shape index (κ2) is 15.7. The van der Waals surface area contributed by atoms with Crippen molar-refractivity contribution in [2.75, 3.05) is 0 Å². The van der Waals surface area contributed by atoms with E-state index in [9.17, 15) is 19.2 Å². The molecular weight excluding hydrogens is 556 g/mol. The van der Waals surface area contributed by atoms with E-state index in [4.69, 9.17) is 9.68 Å². The van der Waals surface area contributed by atoms with Crippen LogP contribution in [0, 0.1) is 0 Å². The number of ketones is 2. The molecule has 0 heterocycles. The summed E-state index contributed by atoms with van der Waals surface area (Å²) in [5, 5.41) is 7.66. The minimum atomic E-state index is -0.650. The maximum Gasteiger partial charge on any atom is 0.365 e. The Kier molecular flexibility index (Phi) is 11.2. The summed E-state index contributed by atoms with van der Waals surface area (Å²) in [6.07, 6.45) is 3.02. The molecule has 0 aliphatic heterocycles. The predicted molar refractivity (Wildman–Crippen MR) is 169 cm³/mol. The lowest BCUT2D eigenvalue weighted by atomic mass is 9.97. The maximum absolute atomic E-state index is 13.3. The van der Waals surface area contributed by atoms with Gasteiger partial charge in [0.2, 0.25) is 11.6 Å². The largest absolute Gasteiger partial charge is 0.365 e. The fourth-order valence-electron chi connectivity index (χ4n) is 4.25. The number of nitrogens with zero attached hydrogens (tertiary/aromatic N) is 2. The van der Waals surface area contributed by atoms with Crippen molar-refractivity contribution in [3.63, 3.8) is 0 Å². The first kappa shape index (κ1) is 31.4. The molecule has 0 unspecified atom stereocenters. The van der Waals surface area contributed by atoms with Gasteiger partial charge in [0, 0.05) is 11.1 Å². The minimum absolute atomic E-state index is 0.0377. The first-order valence-corrected chi connectivity index (χ1v) is 14.3. The summed E-state index contributed by atoms with van der Waals surface area (Å²) in [6.45, 7) is 3.54. The number of rotatable bonds is 13. The third-order valence-corrected chi connectivity index (χ3v) is 6.76. The Bertz CT molecular complexity index is 1660. The summed E-state index contributed by atoms with van der Waals surface area (Å²) in [4.78, 5) is 60.6. The lowest BCUT2D eigenvalue weighted by Crippen LogP contribution is -2.16. The second-order valence-electron chi connectivity index (χ2n) is 9.97. The molecule has 0 spiro atoms. The number of hydrogen-bond acceptors (Lipinski definition) is 8. The first-order chi connectivity index (χ1) is 21.4. The monoisotopic (exact) mass is 588 g/mol. The summed E-state index contributed by atoms with van der Waals surface area (Å²) in [5.74, 6) is -1.96. The summed E-state index contributed by atoms with van der Waals surface area (Å²) in [6, 6.07) is 30.8. The molecular formula is C36H32N2O6. The van der Waals surface area contributed by atoms with Crippen LogP contribution in [0.1, 0.15) is 81.0 Å². The highest BCUT2D eigenvalue weighted by Crippen LogP contribution is 2.22. The van der Waals surface area contributed by atoms with Crippen LogP contribution in [0.4, 0.5) is 0 Å². The first-order valence-electron chi connectivity index (χ1n) is 14.3. The predicted octanol–water partition coefficient (Wildman–Crippen LogP) is 7.75. The van der Waals surface area contributed by atoms with Gasteiger partial charge in [0.1, 0.15) is 11.4 Å². The van der Waals surface area contributed by atoms with Crippen molar-refractivity contribution in [3.8, 4) is 11.1 Å². The molecule has 0 N–H and O–H groups in total. The van der Waals surface area contributed by atoms with Crippen molar-refractivity contribution in [1.29, 1.82) is 0 Å². The molecule has 4 aromatic carbocycles. The molecule has 0 bridgehead atoms. The van der Waals surface area contributed by atoms with E-state index < -0.39 is 11.9 Å². The van der Waals surface area contributed by atoms with Crippen LogP contribution in [0.2, 0.25) is 0 Å². The molecule has 4 rings (SSSR count). The topological polar surface area (TPSA) is 111 Å². The fourth-order valence-corrected chi connectivity index (χ4v) is 4.25. The zero-order valence-electron chi connectivity index (χ0n) is 24.6. The van der Waals surface area contributed by atoms with Gasteiger partial charge in [-0.15, -0.1) is 0 Å². The summed E-state index contributed by atoms with van der Waals surface area (Å²) in [5.41, 5.74) is 3.38. The van der Waals surface area contributed by atoms with E-state index in [0.717, 1.165) is 30.4 Å². The zero-order valence-corrected chi connectivity index (χ0v) is 24.6. The number of carbonyl (C=O) groups excluding carboxylic acids is 4. The van der Waals surface area contributed by atoms with E-state index in [2.05, 4.69) is 17.2 Å². The Morgan fingerprint density at radius 1 is 0.545 bits per heavy atom. The number of carbonyl (C=O) groups is 4. The van der Waals surface area contributed by atoms with Gasteiger partial charge in [0.25, 0.3) is 0 Å². The van der Waals surface area contributed by atoms with Crippen LogP contribution in [0.25, 0.3) is 11.1 Å². The Morgan fingerprint density at radius 3 is 1.48 bits per heavy atom. The maximum atomic E-state index is 13.3. The molecule has 0 radical (unpaired) electrons. The van der Waals surface area contributed by atoms with Crippen LogP contribution in [-0.2, 0) is 9.68 Å². The smallest absolute Gasteiger partial charge is 0.312 e. The van der Waals surface area contributed by atoms with Crippen molar-refractivity contribution < 1.29 is 28.9 Å². The molecule has 8 nitrogen and oxygen atoms in total. The SMILES string of the molecule is CCCCCC(=NOC(=O)c1ccccc1)C(=O)c1ccc(-c2ccc(C(=O)C(C)=NOC(=O)c3ccccc3)cc2)cc1. The van der Waals surface area contributed by atoms with Gasteiger partial charge in [-0.2, -0.15) is 0 Å². The van der Waals surface area contributed by atoms with Gasteiger partial charge < -0.3 is 9.68 Å². The van der Waals surface area contributed by atoms with Gasteiger partial charge >= 0.3 is 11.9 Å². The Labute approximate surface area is 256 Å². The average Bonchev–Trinajstić information content (AvgIpc) is 3.08. The van der Waals surface area contributed by atoms with Gasteiger partial charge in [-0.3, -0.25) is 9.59 Å². The molecule has 4 aromatic rings. The molecule has 0 amide bonds. The van der Waals surface area contributed by atoms with E-state index in [1.807, 2.05) is 0 Å². The lowest BCUT2D eigenvalue weighted by molar-refractivity contribution is 0.0505. The van der Waals surface area contributed by atoms with Crippen LogP contribution in [0.15, 0.2) is 120 Å². The molecule has 8 heteroatoms. The van der Waals surface area contributed by atoms with E-state index >= 15 is 0 Å². The molecule has 0 saturated carbocycles. The van der Waals surface area contributed by atoms with E-state index in [1.165, 1.54) is 6.92 Å². The number of unbranched alkanes of at least 4 members (excludes halogenated alkanes) is 2. The second-order valence-corrected chi connectivity index (χ2v) is 9.97. The summed E-state index contributed by atoms with van der Waals surface area (Å²) >= 11 is 0. The normalized spacial score (nSPS) is 11.5. The van der Waals surface area contributed by atoms with E-state index in [-0.39, 0.29) is 23.0 Å². The summed E-state index contributed by atoms with van der Waals surface area (Å²) < 4.78 is 0. The van der Waals surface area contributed by atoms with Gasteiger partial charge in [0.05, 0.1) is 11.1 Å². The van der Waals surface area contributed by atoms with Gasteiger partial charge in [-0.05, 0) is 55.2 Å². The highest BCUT2D eigenvalue weighted by molar-refractivity contribution is 6.46. The van der Waals surface area contributed by atoms with Crippen LogP contribution in [-0.4, -0.2) is 34.9 Å². The number of hydrogen-bond donors (Lipinski definition) is 0. The zero-order chi connectivity index (χ0) is 31.3. The van der Waals surface area contributed by atoms with Crippen LogP contribution < -0.4 is 0 Å². The number of Topliss-reactive ketones (excluding diaryl/α,β-unsaturated/α-hetero) is 2. The molecule has 0 aliphatic carbocycles. The Morgan fingerprint density at radius 2 is 1.00 bits per heavy atom. The minimum Gasteiger partial charge on any atom is -0.312 e. The standard InChI is InChI=1S/C36H32N2O6/c1-3-4-7-16-32(38-44-36(42)31-14-10-6-11-15-31)34(40)29-23-19-27(20-24-29)26-17-21-28(22-18-26)33(39)25(2)37-43-35(41)30-12-8-5-9-13-30/h5-6,8-15,17-24H,3-4,7,16H2,1-2H3. The van der Waals surface area contributed by atoms with Gasteiger partial charge in [0.15, 0.2) is 0 Å². The summed E-state index contributed by atoms with van der Waals surface area (Å²) in [7, 11) is 0. The van der Waals surface area contributed by atoms with Crippen LogP contribution in [0.5, 0.6) is 0 Å². The quantitative estimate of drug-likeness (QED) is 0.0519. The number of oxime groups is 2. The van der Waals surface area contributed by atoms with Crippen molar-refractivity contribution in [1.82, 2.24) is 0 Å². The average molecular weight is 589 g/mol. The molecule has 0 fully saturated rings. The van der Waals surface area contributed by atoms with Gasteiger partial charge in [-0.25, -0.2) is 9.59 Å². The van der Waals surface area contributed by atoms with Crippen LogP contribution in [0.3, 0.4) is 0 Å². The Hall–Kier alpha value is -5.50.